The van der Waals surface area contributed by atoms with Crippen molar-refractivity contribution in [1.82, 2.24) is 30.9 Å². The van der Waals surface area contributed by atoms with Crippen LogP contribution in [-0.4, -0.2) is 90.3 Å². The number of nitrogens with zero attached hydrogens (tertiary/aromatic N) is 3. The molecular weight excluding hydrogens is 428 g/mol. The molecule has 4 amide bonds. The van der Waals surface area contributed by atoms with E-state index in [0.29, 0.717) is 19.5 Å². The van der Waals surface area contributed by atoms with Crippen molar-refractivity contribution < 1.29 is 24.3 Å². The van der Waals surface area contributed by atoms with Gasteiger partial charge >= 0.3 is 12.0 Å². The lowest BCUT2D eigenvalue weighted by Gasteiger charge is -2.34. The molecule has 2 saturated heterocycles. The fourth-order valence-electron chi connectivity index (χ4n) is 5.59. The zero-order valence-corrected chi connectivity index (χ0v) is 19.9. The van der Waals surface area contributed by atoms with E-state index in [0.717, 1.165) is 54.9 Å². The molecule has 0 aromatic rings. The Kier molecular flexibility index (Phi) is 8.30. The summed E-state index contributed by atoms with van der Waals surface area (Å²) in [5.74, 6) is -5.12. The van der Waals surface area contributed by atoms with Crippen LogP contribution in [0, 0.1) is 17.8 Å². The Bertz CT molecular complexity index is 746. The van der Waals surface area contributed by atoms with Crippen molar-refractivity contribution in [2.45, 2.75) is 57.2 Å². The van der Waals surface area contributed by atoms with E-state index in [2.05, 4.69) is 16.1 Å². The molecule has 0 bridgehead atoms. The average Bonchev–Trinajstić information content (AvgIpc) is 3.41. The number of carbonyl (C=O) groups is 4. The highest BCUT2D eigenvalue weighted by molar-refractivity contribution is 6.06. The highest BCUT2D eigenvalue weighted by Gasteiger charge is 2.57. The third kappa shape index (κ3) is 4.85. The highest BCUT2D eigenvalue weighted by atomic mass is 16.4. The van der Waals surface area contributed by atoms with Crippen molar-refractivity contribution in [2.24, 2.45) is 17.8 Å². The van der Waals surface area contributed by atoms with Gasteiger partial charge in [-0.1, -0.05) is 25.7 Å². The Labute approximate surface area is 195 Å². The third-order valence-electron chi connectivity index (χ3n) is 7.49. The zero-order chi connectivity index (χ0) is 24.2. The molecule has 0 aromatic heterocycles. The van der Waals surface area contributed by atoms with Gasteiger partial charge in [0.1, 0.15) is 0 Å². The molecule has 3 rings (SSSR count). The van der Waals surface area contributed by atoms with Crippen molar-refractivity contribution in [3.05, 3.63) is 0 Å². The van der Waals surface area contributed by atoms with E-state index in [1.165, 1.54) is 21.1 Å². The van der Waals surface area contributed by atoms with E-state index >= 15 is 0 Å². The van der Waals surface area contributed by atoms with Crippen LogP contribution in [0.3, 0.4) is 0 Å². The van der Waals surface area contributed by atoms with Gasteiger partial charge in [0.2, 0.25) is 11.7 Å². The lowest BCUT2D eigenvalue weighted by molar-refractivity contribution is -0.153. The topological polar surface area (TPSA) is 134 Å². The van der Waals surface area contributed by atoms with Crippen LogP contribution in [-0.2, 0) is 14.4 Å². The van der Waals surface area contributed by atoms with Gasteiger partial charge in [-0.05, 0) is 45.7 Å². The first-order chi connectivity index (χ1) is 15.8. The molecule has 2 heterocycles. The number of hydrogen-bond donors (Lipinski definition) is 4. The summed E-state index contributed by atoms with van der Waals surface area (Å²) in [7, 11) is 4.58. The Morgan fingerprint density at radius 2 is 1.61 bits per heavy atom. The van der Waals surface area contributed by atoms with Gasteiger partial charge in [0, 0.05) is 26.7 Å². The number of rotatable bonds is 10. The molecule has 4 N–H and O–H groups in total. The van der Waals surface area contributed by atoms with Crippen LogP contribution in [0.25, 0.3) is 0 Å². The summed E-state index contributed by atoms with van der Waals surface area (Å²) >= 11 is 0. The summed E-state index contributed by atoms with van der Waals surface area (Å²) < 4.78 is 0. The second-order valence-corrected chi connectivity index (χ2v) is 9.29. The maximum absolute atomic E-state index is 13.6. The lowest BCUT2D eigenvalue weighted by Crippen LogP contribution is -2.70. The number of likely N-dealkylation sites (tertiary alicyclic amines) is 1. The van der Waals surface area contributed by atoms with E-state index in [9.17, 15) is 24.3 Å². The first kappa shape index (κ1) is 25.4. The minimum Gasteiger partial charge on any atom is -0.481 e. The number of urea groups is 1. The van der Waals surface area contributed by atoms with E-state index in [4.69, 9.17) is 0 Å². The molecule has 186 valence electrons. The van der Waals surface area contributed by atoms with E-state index in [1.54, 1.807) is 4.90 Å². The van der Waals surface area contributed by atoms with Gasteiger partial charge in [0.05, 0.1) is 11.8 Å². The maximum atomic E-state index is 13.6. The van der Waals surface area contributed by atoms with Crippen LogP contribution in [0.2, 0.25) is 0 Å². The molecule has 1 saturated carbocycles. The Balaban J connectivity index is 1.89. The van der Waals surface area contributed by atoms with Crippen molar-refractivity contribution in [3.63, 3.8) is 0 Å². The molecule has 3 aliphatic rings. The molecule has 3 fully saturated rings. The lowest BCUT2D eigenvalue weighted by atomic mass is 9.82. The van der Waals surface area contributed by atoms with Gasteiger partial charge in [-0.25, -0.2) is 15.2 Å². The first-order valence-electron chi connectivity index (χ1n) is 12.0. The number of imide groups is 1. The summed E-state index contributed by atoms with van der Waals surface area (Å²) in [6.45, 7) is 0.904. The highest BCUT2D eigenvalue weighted by Crippen LogP contribution is 2.35. The molecule has 2 aliphatic heterocycles. The van der Waals surface area contributed by atoms with Crippen LogP contribution in [0.15, 0.2) is 0 Å². The molecule has 11 nitrogen and oxygen atoms in total. The number of hydrazine groups is 1. The summed E-state index contributed by atoms with van der Waals surface area (Å²) in [4.78, 5) is 55.1. The number of amides is 4. The average molecular weight is 467 g/mol. The number of hydrogen-bond acceptors (Lipinski definition) is 7. The largest absolute Gasteiger partial charge is 0.481 e. The molecule has 33 heavy (non-hydrogen) atoms. The summed E-state index contributed by atoms with van der Waals surface area (Å²) in [6.07, 6.45) is 7.48. The number of carboxylic acid groups (broad SMARTS) is 1. The number of aliphatic carboxylic acids is 1. The van der Waals surface area contributed by atoms with E-state index < -0.39 is 35.5 Å². The van der Waals surface area contributed by atoms with E-state index in [-0.39, 0.29) is 18.4 Å². The van der Waals surface area contributed by atoms with E-state index in [1.807, 2.05) is 0 Å². The maximum Gasteiger partial charge on any atom is 0.344 e. The van der Waals surface area contributed by atoms with Crippen molar-refractivity contribution >= 4 is 23.8 Å². The van der Waals surface area contributed by atoms with Crippen molar-refractivity contribution in [2.75, 3.05) is 40.8 Å². The summed E-state index contributed by atoms with van der Waals surface area (Å²) in [6, 6.07) is -0.664. The summed E-state index contributed by atoms with van der Waals surface area (Å²) in [5.41, 5.74) is 2.71. The quantitative estimate of drug-likeness (QED) is 0.268. The minimum atomic E-state index is -1.54. The van der Waals surface area contributed by atoms with Gasteiger partial charge in [-0.2, -0.15) is 0 Å². The Morgan fingerprint density at radius 3 is 2.09 bits per heavy atom. The predicted octanol–water partition coefficient (Wildman–Crippen LogP) is 0.387. The Morgan fingerprint density at radius 1 is 1.00 bits per heavy atom. The number of piperidine rings is 1. The SMILES string of the molecule is CNN1C(=O)N(C[C@H](C(=O)O)[C@@H](CC2CCCC2)C(=O)N2CCCCC2)C(=O)C1(NC)NC. The molecule has 11 heteroatoms. The van der Waals surface area contributed by atoms with Crippen LogP contribution in [0.1, 0.15) is 51.4 Å². The number of carbonyl (C=O) groups excluding carboxylic acids is 3. The minimum absolute atomic E-state index is 0.160. The normalized spacial score (nSPS) is 23.3. The smallest absolute Gasteiger partial charge is 0.344 e. The van der Waals surface area contributed by atoms with Crippen LogP contribution in [0.5, 0.6) is 0 Å². The zero-order valence-electron chi connectivity index (χ0n) is 19.9. The standard InChI is InChI=1S/C22H38N6O5/c1-23-22(24-2)20(32)27(21(33)28(22)25-3)14-17(19(30)31)16(13-15-9-5-6-10-15)18(29)26-11-7-4-8-12-26/h15-17,23-25H,4-14H2,1-3H3,(H,30,31)/t16-,17+/m1/s1. The molecule has 1 aliphatic carbocycles. The second-order valence-electron chi connectivity index (χ2n) is 9.29. The van der Waals surface area contributed by atoms with Crippen molar-refractivity contribution in [3.8, 4) is 0 Å². The van der Waals surface area contributed by atoms with Crippen molar-refractivity contribution in [1.29, 1.82) is 0 Å². The molecule has 0 radical (unpaired) electrons. The predicted molar refractivity (Wildman–Crippen MR) is 120 cm³/mol. The first-order valence-corrected chi connectivity index (χ1v) is 12.0. The molecule has 0 unspecified atom stereocenters. The number of nitrogens with one attached hydrogen (secondary N) is 3. The molecule has 2 atom stereocenters. The molecular formula is C22H38N6O5. The van der Waals surface area contributed by atoms with Gasteiger partial charge in [0.15, 0.2) is 0 Å². The Hall–Kier alpha value is -2.24. The van der Waals surface area contributed by atoms with Gasteiger partial charge in [-0.3, -0.25) is 29.9 Å². The molecule has 0 spiro atoms. The van der Waals surface area contributed by atoms with Crippen LogP contribution < -0.4 is 16.1 Å². The molecule has 0 aromatic carbocycles. The number of likely N-dealkylation sites (N-methyl/N-ethyl adjacent to an activating group) is 2. The van der Waals surface area contributed by atoms with Gasteiger partial charge < -0.3 is 10.0 Å². The monoisotopic (exact) mass is 466 g/mol. The number of carboxylic acids is 1. The van der Waals surface area contributed by atoms with Crippen LogP contribution in [0.4, 0.5) is 4.79 Å². The third-order valence-corrected chi connectivity index (χ3v) is 7.49. The summed E-state index contributed by atoms with van der Waals surface area (Å²) in [5, 5.41) is 16.9. The second kappa shape index (κ2) is 10.8. The fraction of sp³-hybridized carbons (Fsp3) is 0.818. The fourth-order valence-corrected chi connectivity index (χ4v) is 5.59. The van der Waals surface area contributed by atoms with Gasteiger partial charge in [0.25, 0.3) is 5.91 Å². The van der Waals surface area contributed by atoms with Crippen LogP contribution >= 0.6 is 0 Å². The van der Waals surface area contributed by atoms with Gasteiger partial charge in [-0.15, -0.1) is 0 Å².